The third-order valence-electron chi connectivity index (χ3n) is 2.92. The van der Waals surface area contributed by atoms with Gasteiger partial charge in [-0.2, -0.15) is 0 Å². The van der Waals surface area contributed by atoms with Crippen LogP contribution in [0.4, 0.5) is 0 Å². The van der Waals surface area contributed by atoms with Gasteiger partial charge < -0.3 is 0 Å². The molecule has 0 saturated heterocycles. The lowest BCUT2D eigenvalue weighted by Gasteiger charge is -1.99. The van der Waals surface area contributed by atoms with E-state index in [-0.39, 0.29) is 0 Å². The molecule has 2 aromatic heterocycles. The van der Waals surface area contributed by atoms with Crippen molar-refractivity contribution < 1.29 is 0 Å². The van der Waals surface area contributed by atoms with E-state index in [9.17, 15) is 0 Å². The van der Waals surface area contributed by atoms with E-state index in [1.165, 1.54) is 27.5 Å². The van der Waals surface area contributed by atoms with Crippen molar-refractivity contribution in [1.82, 2.24) is 9.97 Å². The molecule has 15 heavy (non-hydrogen) atoms. The topological polar surface area (TPSA) is 25.8 Å². The van der Waals surface area contributed by atoms with Gasteiger partial charge in [0, 0.05) is 29.4 Å². The first kappa shape index (κ1) is 8.36. The molecule has 0 N–H and O–H groups in total. The molecule has 0 fully saturated rings. The molecule has 1 aliphatic rings. The van der Waals surface area contributed by atoms with Gasteiger partial charge >= 0.3 is 0 Å². The lowest BCUT2D eigenvalue weighted by molar-refractivity contribution is 1.23. The van der Waals surface area contributed by atoms with E-state index in [1.807, 2.05) is 24.5 Å². The Bertz CT molecular complexity index is 656. The van der Waals surface area contributed by atoms with Gasteiger partial charge in [-0.05, 0) is 35.8 Å². The average Bonchev–Trinajstić information content (AvgIpc) is 2.55. The molecule has 2 heterocycles. The van der Waals surface area contributed by atoms with Crippen LogP contribution in [0.15, 0.2) is 30.7 Å². The van der Waals surface area contributed by atoms with E-state index in [2.05, 4.69) is 23.5 Å². The fourth-order valence-corrected chi connectivity index (χ4v) is 2.22. The maximum Gasteiger partial charge on any atom is 0.0639 e. The van der Waals surface area contributed by atoms with Crippen molar-refractivity contribution in [2.24, 2.45) is 0 Å². The summed E-state index contributed by atoms with van der Waals surface area (Å²) < 4.78 is 0. The number of aromatic nitrogens is 2. The lowest BCUT2D eigenvalue weighted by atomic mass is 10.1. The van der Waals surface area contributed by atoms with Crippen LogP contribution in [0, 0.1) is 0 Å². The van der Waals surface area contributed by atoms with E-state index in [1.54, 1.807) is 6.20 Å². The van der Waals surface area contributed by atoms with Gasteiger partial charge in [-0.1, -0.05) is 6.58 Å². The molecule has 0 spiro atoms. The summed E-state index contributed by atoms with van der Waals surface area (Å²) in [5.74, 6) is 0. The summed E-state index contributed by atoms with van der Waals surface area (Å²) in [5.41, 5.74) is 4.89. The molecule has 0 bridgehead atoms. The minimum Gasteiger partial charge on any atom is -0.264 e. The van der Waals surface area contributed by atoms with Crippen LogP contribution in [-0.2, 0) is 0 Å². The second kappa shape index (κ2) is 2.76. The number of rotatable bonds is 0. The van der Waals surface area contributed by atoms with E-state index in [4.69, 9.17) is 0 Å². The van der Waals surface area contributed by atoms with Crippen molar-refractivity contribution in [2.75, 3.05) is 0 Å². The van der Waals surface area contributed by atoms with Gasteiger partial charge in [0.1, 0.15) is 0 Å². The minimum atomic E-state index is 0.848. The minimum absolute atomic E-state index is 0.848. The molecule has 3 rings (SSSR count). The Morgan fingerprint density at radius 3 is 2.73 bits per heavy atom. The highest BCUT2D eigenvalue weighted by Gasteiger charge is 2.16. The van der Waals surface area contributed by atoms with Crippen LogP contribution in [0.2, 0.25) is 0 Å². The Balaban J connectivity index is 2.58. The SMILES string of the molecule is C=c1nccc2c1=C(C)c1ccncc1-2. The molecule has 0 amide bonds. The fourth-order valence-electron chi connectivity index (χ4n) is 2.22. The van der Waals surface area contributed by atoms with E-state index >= 15 is 0 Å². The molecule has 2 nitrogen and oxygen atoms in total. The monoisotopic (exact) mass is 194 g/mol. The number of hydrogen-bond acceptors (Lipinski definition) is 2. The number of nitrogens with zero attached hydrogens (tertiary/aromatic N) is 2. The normalized spacial score (nSPS) is 12.5. The van der Waals surface area contributed by atoms with Gasteiger partial charge in [-0.25, -0.2) is 0 Å². The van der Waals surface area contributed by atoms with Gasteiger partial charge in [0.25, 0.3) is 0 Å². The molecule has 1 aliphatic carbocycles. The second-order valence-corrected chi connectivity index (χ2v) is 3.73. The van der Waals surface area contributed by atoms with E-state index in [0.29, 0.717) is 0 Å². The molecular formula is C13H10N2. The zero-order valence-electron chi connectivity index (χ0n) is 8.49. The largest absolute Gasteiger partial charge is 0.264 e. The Labute approximate surface area is 87.6 Å². The molecule has 0 saturated carbocycles. The zero-order valence-corrected chi connectivity index (χ0v) is 8.49. The predicted octanol–water partition coefficient (Wildman–Crippen LogP) is 1.09. The molecule has 0 aliphatic heterocycles. The van der Waals surface area contributed by atoms with Crippen molar-refractivity contribution in [3.05, 3.63) is 46.9 Å². The van der Waals surface area contributed by atoms with Gasteiger partial charge in [-0.3, -0.25) is 9.97 Å². The third kappa shape index (κ3) is 0.988. The van der Waals surface area contributed by atoms with Crippen molar-refractivity contribution >= 4 is 12.2 Å². The molecule has 0 unspecified atom stereocenters. The van der Waals surface area contributed by atoms with Crippen molar-refractivity contribution in [2.45, 2.75) is 6.92 Å². The van der Waals surface area contributed by atoms with Crippen LogP contribution in [0.3, 0.4) is 0 Å². The Morgan fingerprint density at radius 2 is 1.87 bits per heavy atom. The summed E-state index contributed by atoms with van der Waals surface area (Å²) in [4.78, 5) is 8.40. The molecule has 0 atom stereocenters. The molecule has 72 valence electrons. The Kier molecular flexibility index (Phi) is 1.54. The second-order valence-electron chi connectivity index (χ2n) is 3.73. The molecule has 0 radical (unpaired) electrons. The van der Waals surface area contributed by atoms with Crippen LogP contribution < -0.4 is 10.6 Å². The van der Waals surface area contributed by atoms with Crippen LogP contribution in [0.1, 0.15) is 12.5 Å². The molecule has 2 heteroatoms. The van der Waals surface area contributed by atoms with Gasteiger partial charge in [0.2, 0.25) is 0 Å². The maximum atomic E-state index is 4.23. The number of hydrogen-bond donors (Lipinski definition) is 0. The van der Waals surface area contributed by atoms with Crippen molar-refractivity contribution in [1.29, 1.82) is 0 Å². The van der Waals surface area contributed by atoms with Crippen molar-refractivity contribution in [3.8, 4) is 11.1 Å². The first-order valence-electron chi connectivity index (χ1n) is 4.88. The third-order valence-corrected chi connectivity index (χ3v) is 2.92. The zero-order chi connectivity index (χ0) is 10.4. The average molecular weight is 194 g/mol. The molecular weight excluding hydrogens is 184 g/mol. The lowest BCUT2D eigenvalue weighted by Crippen LogP contribution is -2.27. The van der Waals surface area contributed by atoms with Crippen LogP contribution >= 0.6 is 0 Å². The first-order valence-corrected chi connectivity index (χ1v) is 4.88. The summed E-state index contributed by atoms with van der Waals surface area (Å²) >= 11 is 0. The maximum absolute atomic E-state index is 4.23. The quantitative estimate of drug-likeness (QED) is 0.627. The predicted molar refractivity (Wildman–Crippen MR) is 60.4 cm³/mol. The van der Waals surface area contributed by atoms with Crippen LogP contribution in [-0.4, -0.2) is 9.97 Å². The van der Waals surface area contributed by atoms with Crippen LogP contribution in [0.25, 0.3) is 23.3 Å². The summed E-state index contributed by atoms with van der Waals surface area (Å²) in [6.07, 6.45) is 5.53. The fraction of sp³-hybridized carbons (Fsp3) is 0.0769. The highest BCUT2D eigenvalue weighted by Crippen LogP contribution is 2.28. The van der Waals surface area contributed by atoms with Crippen LogP contribution in [0.5, 0.6) is 0 Å². The van der Waals surface area contributed by atoms with E-state index in [0.717, 1.165) is 5.35 Å². The smallest absolute Gasteiger partial charge is 0.0639 e. The number of fused-ring (bicyclic) bond motifs is 3. The Hall–Kier alpha value is -1.96. The van der Waals surface area contributed by atoms with E-state index < -0.39 is 0 Å². The summed E-state index contributed by atoms with van der Waals surface area (Å²) in [6, 6.07) is 4.07. The van der Waals surface area contributed by atoms with Crippen molar-refractivity contribution in [3.63, 3.8) is 0 Å². The Morgan fingerprint density at radius 1 is 1.07 bits per heavy atom. The summed E-state index contributed by atoms with van der Waals surface area (Å²) in [5, 5.41) is 2.02. The highest BCUT2D eigenvalue weighted by atomic mass is 14.6. The van der Waals surface area contributed by atoms with Gasteiger partial charge in [0.15, 0.2) is 0 Å². The molecule has 0 aromatic carbocycles. The standard InChI is InChI=1S/C13H10N2/c1-8-10-3-5-14-7-12(10)11-4-6-15-9(2)13(8)11/h3-7H,2H2,1H3. The molecule has 2 aromatic rings. The summed E-state index contributed by atoms with van der Waals surface area (Å²) in [7, 11) is 0. The highest BCUT2D eigenvalue weighted by molar-refractivity contribution is 5.87. The first-order chi connectivity index (χ1) is 7.29. The van der Waals surface area contributed by atoms with Gasteiger partial charge in [-0.15, -0.1) is 0 Å². The van der Waals surface area contributed by atoms with Gasteiger partial charge in [0.05, 0.1) is 5.35 Å². The number of pyridine rings is 2. The summed E-state index contributed by atoms with van der Waals surface area (Å²) in [6.45, 7) is 6.09.